The number of rotatable bonds is 3. The quantitative estimate of drug-likeness (QED) is 0.869. The fourth-order valence-electron chi connectivity index (χ4n) is 1.14. The Morgan fingerprint density at radius 2 is 2.23 bits per heavy atom. The number of benzene rings is 1. The Hall–Kier alpha value is -0.290. The zero-order chi connectivity index (χ0) is 9.84. The number of ether oxygens (including phenoxy) is 1. The summed E-state index contributed by atoms with van der Waals surface area (Å²) in [6.45, 7) is 2.08. The molecule has 0 saturated carbocycles. The lowest BCUT2D eigenvalue weighted by Crippen LogP contribution is -2.08. The molecular formula is C10H14INO. The smallest absolute Gasteiger partial charge is 0.132 e. The number of hydrogen-bond donors (Lipinski definition) is 1. The third-order valence-corrected chi connectivity index (χ3v) is 2.93. The monoisotopic (exact) mass is 291 g/mol. The molecule has 0 aliphatic carbocycles. The molecule has 1 aromatic carbocycles. The summed E-state index contributed by atoms with van der Waals surface area (Å²) in [7, 11) is 1.68. The van der Waals surface area contributed by atoms with Crippen molar-refractivity contribution in [2.45, 2.75) is 19.4 Å². The molecular weight excluding hydrogens is 277 g/mol. The second kappa shape index (κ2) is 4.81. The van der Waals surface area contributed by atoms with E-state index in [9.17, 15) is 0 Å². The van der Waals surface area contributed by atoms with Crippen molar-refractivity contribution in [1.82, 2.24) is 0 Å². The maximum atomic E-state index is 5.91. The van der Waals surface area contributed by atoms with Crippen molar-refractivity contribution in [3.8, 4) is 5.75 Å². The third-order valence-electron chi connectivity index (χ3n) is 2.04. The summed E-state index contributed by atoms with van der Waals surface area (Å²) in [4.78, 5) is 0. The van der Waals surface area contributed by atoms with Gasteiger partial charge in [-0.3, -0.25) is 0 Å². The SMILES string of the molecule is CCC(N)c1ccc(I)c(OC)c1. The van der Waals surface area contributed by atoms with Crippen molar-refractivity contribution >= 4 is 22.6 Å². The number of hydrogen-bond acceptors (Lipinski definition) is 2. The maximum absolute atomic E-state index is 5.91. The standard InChI is InChI=1S/C10H14INO/c1-3-9(12)7-4-5-8(11)10(6-7)13-2/h4-6,9H,3,12H2,1-2H3. The first-order valence-electron chi connectivity index (χ1n) is 4.28. The lowest BCUT2D eigenvalue weighted by atomic mass is 10.1. The van der Waals surface area contributed by atoms with Gasteiger partial charge in [0.15, 0.2) is 0 Å². The Bertz CT molecular complexity index is 288. The first-order chi connectivity index (χ1) is 6.19. The Balaban J connectivity index is 2.99. The van der Waals surface area contributed by atoms with Crippen LogP contribution in [0, 0.1) is 3.57 Å². The molecule has 1 unspecified atom stereocenters. The second-order valence-electron chi connectivity index (χ2n) is 2.91. The van der Waals surface area contributed by atoms with E-state index in [1.54, 1.807) is 7.11 Å². The van der Waals surface area contributed by atoms with Gasteiger partial charge in [0, 0.05) is 6.04 Å². The van der Waals surface area contributed by atoms with E-state index in [2.05, 4.69) is 35.6 Å². The zero-order valence-electron chi connectivity index (χ0n) is 7.88. The summed E-state index contributed by atoms with van der Waals surface area (Å²) in [5.41, 5.74) is 7.05. The van der Waals surface area contributed by atoms with Gasteiger partial charge in [-0.1, -0.05) is 13.0 Å². The lowest BCUT2D eigenvalue weighted by molar-refractivity contribution is 0.410. The normalized spacial score (nSPS) is 12.6. The predicted molar refractivity (Wildman–Crippen MR) is 62.9 cm³/mol. The molecule has 0 aromatic heterocycles. The minimum atomic E-state index is 0.117. The second-order valence-corrected chi connectivity index (χ2v) is 4.07. The number of halogens is 1. The van der Waals surface area contributed by atoms with Crippen molar-refractivity contribution in [2.24, 2.45) is 5.73 Å². The van der Waals surface area contributed by atoms with E-state index in [1.807, 2.05) is 12.1 Å². The highest BCUT2D eigenvalue weighted by atomic mass is 127. The van der Waals surface area contributed by atoms with Gasteiger partial charge in [-0.2, -0.15) is 0 Å². The van der Waals surface area contributed by atoms with Gasteiger partial charge in [-0.25, -0.2) is 0 Å². The van der Waals surface area contributed by atoms with Gasteiger partial charge in [0.2, 0.25) is 0 Å². The number of nitrogens with two attached hydrogens (primary N) is 1. The molecule has 13 heavy (non-hydrogen) atoms. The highest BCUT2D eigenvalue weighted by molar-refractivity contribution is 14.1. The van der Waals surface area contributed by atoms with Crippen LogP contribution in [-0.2, 0) is 0 Å². The lowest BCUT2D eigenvalue weighted by Gasteiger charge is -2.11. The number of methoxy groups -OCH3 is 1. The average molecular weight is 291 g/mol. The van der Waals surface area contributed by atoms with Crippen LogP contribution in [0.3, 0.4) is 0 Å². The zero-order valence-corrected chi connectivity index (χ0v) is 10.0. The summed E-state index contributed by atoms with van der Waals surface area (Å²) in [6, 6.07) is 6.21. The molecule has 0 saturated heterocycles. The summed E-state index contributed by atoms with van der Waals surface area (Å²) >= 11 is 2.25. The van der Waals surface area contributed by atoms with E-state index in [0.717, 1.165) is 21.3 Å². The summed E-state index contributed by atoms with van der Waals surface area (Å²) in [5, 5.41) is 0. The van der Waals surface area contributed by atoms with Crippen LogP contribution in [0.15, 0.2) is 18.2 Å². The molecule has 2 nitrogen and oxygen atoms in total. The summed E-state index contributed by atoms with van der Waals surface area (Å²) in [6.07, 6.45) is 0.948. The largest absolute Gasteiger partial charge is 0.496 e. The van der Waals surface area contributed by atoms with Gasteiger partial charge < -0.3 is 10.5 Å². The van der Waals surface area contributed by atoms with E-state index in [0.29, 0.717) is 0 Å². The van der Waals surface area contributed by atoms with Crippen molar-refractivity contribution in [2.75, 3.05) is 7.11 Å². The highest BCUT2D eigenvalue weighted by Gasteiger charge is 2.06. The Morgan fingerprint density at radius 3 is 2.77 bits per heavy atom. The Morgan fingerprint density at radius 1 is 1.54 bits per heavy atom. The third kappa shape index (κ3) is 2.57. The van der Waals surface area contributed by atoms with Gasteiger partial charge in [0.1, 0.15) is 5.75 Å². The Labute approximate surface area is 92.6 Å². The topological polar surface area (TPSA) is 35.2 Å². The van der Waals surface area contributed by atoms with Crippen molar-refractivity contribution in [3.63, 3.8) is 0 Å². The molecule has 1 atom stereocenters. The summed E-state index contributed by atoms with van der Waals surface area (Å²) < 4.78 is 6.33. The molecule has 0 aliphatic rings. The molecule has 3 heteroatoms. The van der Waals surface area contributed by atoms with Crippen molar-refractivity contribution in [3.05, 3.63) is 27.3 Å². The highest BCUT2D eigenvalue weighted by Crippen LogP contribution is 2.25. The van der Waals surface area contributed by atoms with Crippen molar-refractivity contribution in [1.29, 1.82) is 0 Å². The van der Waals surface area contributed by atoms with E-state index in [4.69, 9.17) is 10.5 Å². The maximum Gasteiger partial charge on any atom is 0.132 e. The molecule has 0 amide bonds. The molecule has 2 N–H and O–H groups in total. The minimum absolute atomic E-state index is 0.117. The van der Waals surface area contributed by atoms with E-state index in [-0.39, 0.29) is 6.04 Å². The molecule has 1 aromatic rings. The molecule has 72 valence electrons. The molecule has 0 heterocycles. The van der Waals surface area contributed by atoms with Crippen LogP contribution in [0.2, 0.25) is 0 Å². The first-order valence-corrected chi connectivity index (χ1v) is 5.36. The van der Waals surface area contributed by atoms with E-state index in [1.165, 1.54) is 0 Å². The molecule has 0 bridgehead atoms. The fraction of sp³-hybridized carbons (Fsp3) is 0.400. The first kappa shape index (κ1) is 10.8. The van der Waals surface area contributed by atoms with Gasteiger partial charge in [-0.05, 0) is 46.7 Å². The minimum Gasteiger partial charge on any atom is -0.496 e. The van der Waals surface area contributed by atoms with Gasteiger partial charge in [0.25, 0.3) is 0 Å². The van der Waals surface area contributed by atoms with Crippen molar-refractivity contribution < 1.29 is 4.74 Å². The molecule has 0 radical (unpaired) electrons. The van der Waals surface area contributed by atoms with Crippen LogP contribution >= 0.6 is 22.6 Å². The van der Waals surface area contributed by atoms with Gasteiger partial charge >= 0.3 is 0 Å². The van der Waals surface area contributed by atoms with Crippen LogP contribution in [0.1, 0.15) is 24.9 Å². The summed E-state index contributed by atoms with van der Waals surface area (Å²) in [5.74, 6) is 0.905. The predicted octanol–water partition coefficient (Wildman–Crippen LogP) is 2.71. The van der Waals surface area contributed by atoms with E-state index < -0.39 is 0 Å². The van der Waals surface area contributed by atoms with Crippen LogP contribution in [0.25, 0.3) is 0 Å². The molecule has 0 fully saturated rings. The average Bonchev–Trinajstić information content (AvgIpc) is 2.17. The molecule has 0 aliphatic heterocycles. The van der Waals surface area contributed by atoms with E-state index >= 15 is 0 Å². The molecule has 0 spiro atoms. The Kier molecular flexibility index (Phi) is 3.99. The van der Waals surface area contributed by atoms with Crippen LogP contribution < -0.4 is 10.5 Å². The van der Waals surface area contributed by atoms with Crippen LogP contribution in [0.5, 0.6) is 5.75 Å². The van der Waals surface area contributed by atoms with Gasteiger partial charge in [0.05, 0.1) is 10.7 Å². The van der Waals surface area contributed by atoms with Crippen LogP contribution in [-0.4, -0.2) is 7.11 Å². The van der Waals surface area contributed by atoms with Gasteiger partial charge in [-0.15, -0.1) is 0 Å². The molecule has 1 rings (SSSR count). The van der Waals surface area contributed by atoms with Crippen LogP contribution in [0.4, 0.5) is 0 Å². The fourth-order valence-corrected chi connectivity index (χ4v) is 1.70.